The van der Waals surface area contributed by atoms with Crippen LogP contribution in [0.15, 0.2) is 42.5 Å². The number of anilines is 1. The number of methoxy groups -OCH3 is 1. The lowest BCUT2D eigenvalue weighted by molar-refractivity contribution is -0.115. The maximum atomic E-state index is 12.4. The van der Waals surface area contributed by atoms with E-state index in [1.165, 1.54) is 18.9 Å². The Morgan fingerprint density at radius 3 is 2.58 bits per heavy atom. The van der Waals surface area contributed by atoms with Gasteiger partial charge in [-0.15, -0.1) is 11.8 Å². The van der Waals surface area contributed by atoms with Crippen LogP contribution in [0.2, 0.25) is 10.0 Å². The molecule has 0 aliphatic carbocycles. The highest BCUT2D eigenvalue weighted by atomic mass is 35.5. The molecular formula is C17H13Cl2NO3S. The van der Waals surface area contributed by atoms with Gasteiger partial charge in [0.25, 0.3) is 0 Å². The molecule has 24 heavy (non-hydrogen) atoms. The second kappa shape index (κ2) is 7.05. The summed E-state index contributed by atoms with van der Waals surface area (Å²) in [6.45, 7) is 0. The molecule has 2 aromatic rings. The highest BCUT2D eigenvalue weighted by Gasteiger charge is 2.35. The van der Waals surface area contributed by atoms with Crippen molar-refractivity contribution in [3.8, 4) is 0 Å². The summed E-state index contributed by atoms with van der Waals surface area (Å²) in [5.41, 5.74) is 1.91. The molecule has 1 atom stereocenters. The molecule has 0 aromatic heterocycles. The first-order valence-electron chi connectivity index (χ1n) is 7.09. The fourth-order valence-electron chi connectivity index (χ4n) is 2.52. The zero-order valence-electron chi connectivity index (χ0n) is 12.7. The summed E-state index contributed by atoms with van der Waals surface area (Å²) >= 11 is 13.9. The Hall–Kier alpha value is -1.69. The Morgan fingerprint density at radius 2 is 1.92 bits per heavy atom. The van der Waals surface area contributed by atoms with Crippen LogP contribution in [0, 0.1) is 0 Å². The molecule has 0 N–H and O–H groups in total. The standard InChI is InChI=1S/C17H13Cl2NO3S/c1-23-17(22)10-5-7-11(8-6-10)20-14(21)9-24-16(20)12-3-2-4-13(18)15(12)19/h2-8,16H,9H2,1H3/t16-/m0/s1. The molecule has 0 unspecified atom stereocenters. The minimum absolute atomic E-state index is 0.0214. The molecule has 3 rings (SSSR count). The fraction of sp³-hybridized carbons (Fsp3) is 0.176. The smallest absolute Gasteiger partial charge is 0.337 e. The number of benzene rings is 2. The Labute approximate surface area is 153 Å². The molecule has 1 fully saturated rings. The van der Waals surface area contributed by atoms with E-state index in [1.54, 1.807) is 35.2 Å². The van der Waals surface area contributed by atoms with Crippen molar-refractivity contribution >= 4 is 52.5 Å². The van der Waals surface area contributed by atoms with Crippen LogP contribution in [0.3, 0.4) is 0 Å². The van der Waals surface area contributed by atoms with Crippen LogP contribution in [0.4, 0.5) is 5.69 Å². The van der Waals surface area contributed by atoms with Crippen LogP contribution in [0.25, 0.3) is 0 Å². The number of ether oxygens (including phenoxy) is 1. The summed E-state index contributed by atoms with van der Waals surface area (Å²) in [5.74, 6) is -0.0864. The number of carbonyl (C=O) groups is 2. The highest BCUT2D eigenvalue weighted by Crippen LogP contribution is 2.45. The lowest BCUT2D eigenvalue weighted by Crippen LogP contribution is -2.28. The van der Waals surface area contributed by atoms with Crippen LogP contribution in [-0.2, 0) is 9.53 Å². The van der Waals surface area contributed by atoms with Gasteiger partial charge in [-0.2, -0.15) is 0 Å². The fourth-order valence-corrected chi connectivity index (χ4v) is 4.20. The van der Waals surface area contributed by atoms with E-state index >= 15 is 0 Å². The summed E-state index contributed by atoms with van der Waals surface area (Å²) in [4.78, 5) is 25.6. The number of hydrogen-bond acceptors (Lipinski definition) is 4. The molecule has 7 heteroatoms. The molecule has 1 heterocycles. The molecule has 1 amide bonds. The number of halogens is 2. The van der Waals surface area contributed by atoms with E-state index < -0.39 is 5.97 Å². The molecule has 1 aliphatic rings. The van der Waals surface area contributed by atoms with E-state index in [2.05, 4.69) is 4.74 Å². The van der Waals surface area contributed by atoms with Crippen molar-refractivity contribution in [3.05, 3.63) is 63.6 Å². The molecule has 124 valence electrons. The van der Waals surface area contributed by atoms with Crippen molar-refractivity contribution < 1.29 is 14.3 Å². The average Bonchev–Trinajstić information content (AvgIpc) is 2.98. The van der Waals surface area contributed by atoms with Gasteiger partial charge in [-0.3, -0.25) is 9.69 Å². The first-order valence-corrected chi connectivity index (χ1v) is 8.89. The number of esters is 1. The number of carbonyl (C=O) groups excluding carboxylic acids is 2. The van der Waals surface area contributed by atoms with Gasteiger partial charge < -0.3 is 4.74 Å². The summed E-state index contributed by atoms with van der Waals surface area (Å²) in [5, 5.41) is 0.644. The minimum Gasteiger partial charge on any atom is -0.465 e. The van der Waals surface area contributed by atoms with Crippen molar-refractivity contribution in [2.24, 2.45) is 0 Å². The third-order valence-corrected chi connectivity index (χ3v) is 5.71. The largest absolute Gasteiger partial charge is 0.465 e. The maximum absolute atomic E-state index is 12.4. The van der Waals surface area contributed by atoms with Crippen LogP contribution < -0.4 is 4.90 Å². The van der Waals surface area contributed by atoms with E-state index in [0.29, 0.717) is 27.0 Å². The third kappa shape index (κ3) is 3.11. The van der Waals surface area contributed by atoms with Crippen LogP contribution in [0.1, 0.15) is 21.3 Å². The van der Waals surface area contributed by atoms with Gasteiger partial charge in [0.15, 0.2) is 0 Å². The normalized spacial score (nSPS) is 17.2. The maximum Gasteiger partial charge on any atom is 0.337 e. The van der Waals surface area contributed by atoms with Gasteiger partial charge >= 0.3 is 5.97 Å². The first-order chi connectivity index (χ1) is 11.5. The number of nitrogens with zero attached hydrogens (tertiary/aromatic N) is 1. The van der Waals surface area contributed by atoms with Gasteiger partial charge in [0.05, 0.1) is 28.5 Å². The Balaban J connectivity index is 1.97. The Bertz CT molecular complexity index is 795. The SMILES string of the molecule is COC(=O)c1ccc(N2C(=O)CS[C@H]2c2cccc(Cl)c2Cl)cc1. The predicted molar refractivity (Wildman–Crippen MR) is 96.9 cm³/mol. The molecule has 4 nitrogen and oxygen atoms in total. The lowest BCUT2D eigenvalue weighted by atomic mass is 10.1. The summed E-state index contributed by atoms with van der Waals surface area (Å²) in [6, 6.07) is 12.1. The molecule has 0 spiro atoms. The van der Waals surface area contributed by atoms with Gasteiger partial charge in [-0.25, -0.2) is 4.79 Å². The average molecular weight is 382 g/mol. The number of rotatable bonds is 3. The van der Waals surface area contributed by atoms with Gasteiger partial charge in [0.2, 0.25) is 5.91 Å². The molecule has 1 aliphatic heterocycles. The molecular weight excluding hydrogens is 369 g/mol. The second-order valence-electron chi connectivity index (χ2n) is 5.11. The summed E-state index contributed by atoms with van der Waals surface area (Å²) in [6.07, 6.45) is 0. The van der Waals surface area contributed by atoms with Crippen LogP contribution in [0.5, 0.6) is 0 Å². The topological polar surface area (TPSA) is 46.6 Å². The lowest BCUT2D eigenvalue weighted by Gasteiger charge is -2.25. The molecule has 2 aromatic carbocycles. The van der Waals surface area contributed by atoms with E-state index in [0.717, 1.165) is 5.56 Å². The summed E-state index contributed by atoms with van der Waals surface area (Å²) < 4.78 is 4.69. The molecule has 1 saturated heterocycles. The van der Waals surface area contributed by atoms with Crippen molar-refractivity contribution in [1.29, 1.82) is 0 Å². The van der Waals surface area contributed by atoms with Crippen LogP contribution in [-0.4, -0.2) is 24.7 Å². The third-order valence-electron chi connectivity index (χ3n) is 3.68. The van der Waals surface area contributed by atoms with Crippen molar-refractivity contribution in [2.75, 3.05) is 17.8 Å². The molecule has 0 bridgehead atoms. The van der Waals surface area contributed by atoms with E-state index in [1.807, 2.05) is 12.1 Å². The zero-order valence-corrected chi connectivity index (χ0v) is 15.0. The number of amides is 1. The monoisotopic (exact) mass is 381 g/mol. The van der Waals surface area contributed by atoms with E-state index in [4.69, 9.17) is 23.2 Å². The van der Waals surface area contributed by atoms with Gasteiger partial charge in [0, 0.05) is 11.3 Å². The number of thioether (sulfide) groups is 1. The molecule has 0 saturated carbocycles. The predicted octanol–water partition coefficient (Wildman–Crippen LogP) is 4.56. The minimum atomic E-state index is -0.418. The number of hydrogen-bond donors (Lipinski definition) is 0. The van der Waals surface area contributed by atoms with Gasteiger partial charge in [-0.05, 0) is 30.3 Å². The van der Waals surface area contributed by atoms with Crippen molar-refractivity contribution in [1.82, 2.24) is 0 Å². The Morgan fingerprint density at radius 1 is 1.21 bits per heavy atom. The van der Waals surface area contributed by atoms with E-state index in [9.17, 15) is 9.59 Å². The van der Waals surface area contributed by atoms with Gasteiger partial charge in [0.1, 0.15) is 5.37 Å². The second-order valence-corrected chi connectivity index (χ2v) is 6.96. The quantitative estimate of drug-likeness (QED) is 0.731. The first kappa shape index (κ1) is 17.1. The Kier molecular flexibility index (Phi) is 5.04. The van der Waals surface area contributed by atoms with Crippen molar-refractivity contribution in [2.45, 2.75) is 5.37 Å². The molecule has 0 radical (unpaired) electrons. The highest BCUT2D eigenvalue weighted by molar-refractivity contribution is 8.00. The summed E-state index contributed by atoms with van der Waals surface area (Å²) in [7, 11) is 1.33. The zero-order chi connectivity index (χ0) is 17.3. The van der Waals surface area contributed by atoms with Crippen molar-refractivity contribution in [3.63, 3.8) is 0 Å². The van der Waals surface area contributed by atoms with Crippen LogP contribution >= 0.6 is 35.0 Å². The van der Waals surface area contributed by atoms with E-state index in [-0.39, 0.29) is 11.3 Å². The van der Waals surface area contributed by atoms with Gasteiger partial charge in [-0.1, -0.05) is 35.3 Å².